The number of aliphatic hydroxyl groups excluding tert-OH is 1. The summed E-state index contributed by atoms with van der Waals surface area (Å²) in [6.07, 6.45) is 7.56. The molecule has 1 saturated carbocycles. The van der Waals surface area contributed by atoms with Crippen LogP contribution in [0.1, 0.15) is 52.9 Å². The second-order valence-corrected chi connectivity index (χ2v) is 5.91. The van der Waals surface area contributed by atoms with Gasteiger partial charge in [-0.25, -0.2) is 0 Å². The standard InChI is InChI=1S/C14H26O/c1-5-6-9-14(3,4)12-8-7-11(2)10-13(12)15/h5,11-13,15H,1,6-10H2,2-4H3. The van der Waals surface area contributed by atoms with Crippen LogP contribution in [0.25, 0.3) is 0 Å². The second-order valence-electron chi connectivity index (χ2n) is 5.91. The molecule has 1 heteroatoms. The molecule has 0 radical (unpaired) electrons. The van der Waals surface area contributed by atoms with Gasteiger partial charge in [-0.15, -0.1) is 6.58 Å². The molecule has 1 nitrogen and oxygen atoms in total. The summed E-state index contributed by atoms with van der Waals surface area (Å²) in [5, 5.41) is 10.1. The van der Waals surface area contributed by atoms with Gasteiger partial charge in [-0.1, -0.05) is 33.3 Å². The first-order valence-electron chi connectivity index (χ1n) is 6.26. The fourth-order valence-electron chi connectivity index (χ4n) is 2.92. The molecule has 0 amide bonds. The molecule has 15 heavy (non-hydrogen) atoms. The lowest BCUT2D eigenvalue weighted by Crippen LogP contribution is -2.38. The molecule has 3 unspecified atom stereocenters. The Labute approximate surface area is 94.6 Å². The Morgan fingerprint density at radius 3 is 2.60 bits per heavy atom. The van der Waals surface area contributed by atoms with Gasteiger partial charge in [0.05, 0.1) is 6.10 Å². The van der Waals surface area contributed by atoms with Gasteiger partial charge in [-0.05, 0) is 42.9 Å². The number of allylic oxidation sites excluding steroid dienone is 1. The summed E-state index contributed by atoms with van der Waals surface area (Å²) in [4.78, 5) is 0. The van der Waals surface area contributed by atoms with E-state index in [1.807, 2.05) is 6.08 Å². The van der Waals surface area contributed by atoms with Gasteiger partial charge in [-0.3, -0.25) is 0 Å². The molecule has 0 aliphatic heterocycles. The molecular weight excluding hydrogens is 184 g/mol. The fourth-order valence-corrected chi connectivity index (χ4v) is 2.92. The first-order chi connectivity index (χ1) is 6.97. The number of aliphatic hydroxyl groups is 1. The average molecular weight is 210 g/mol. The highest BCUT2D eigenvalue weighted by molar-refractivity contribution is 4.89. The van der Waals surface area contributed by atoms with Crippen LogP contribution in [0.4, 0.5) is 0 Å². The fraction of sp³-hybridized carbons (Fsp3) is 0.857. The van der Waals surface area contributed by atoms with E-state index in [9.17, 15) is 5.11 Å². The highest BCUT2D eigenvalue weighted by Crippen LogP contribution is 2.42. The van der Waals surface area contributed by atoms with Crippen molar-refractivity contribution < 1.29 is 5.11 Å². The minimum absolute atomic E-state index is 0.0893. The molecule has 1 fully saturated rings. The average Bonchev–Trinajstić information content (AvgIpc) is 2.14. The van der Waals surface area contributed by atoms with Crippen LogP contribution in [0, 0.1) is 17.3 Å². The van der Waals surface area contributed by atoms with E-state index >= 15 is 0 Å². The van der Waals surface area contributed by atoms with Crippen LogP contribution >= 0.6 is 0 Å². The predicted octanol–water partition coefficient (Wildman–Crippen LogP) is 3.78. The van der Waals surface area contributed by atoms with E-state index in [0.29, 0.717) is 11.8 Å². The minimum atomic E-state index is -0.0893. The van der Waals surface area contributed by atoms with Gasteiger partial charge in [0.15, 0.2) is 0 Å². The molecular formula is C14H26O. The summed E-state index contributed by atoms with van der Waals surface area (Å²) in [7, 11) is 0. The highest BCUT2D eigenvalue weighted by atomic mass is 16.3. The maximum absolute atomic E-state index is 10.1. The Bertz CT molecular complexity index is 207. The van der Waals surface area contributed by atoms with Crippen molar-refractivity contribution in [3.63, 3.8) is 0 Å². The zero-order valence-corrected chi connectivity index (χ0v) is 10.5. The number of hydrogen-bond acceptors (Lipinski definition) is 1. The summed E-state index contributed by atoms with van der Waals surface area (Å²) >= 11 is 0. The van der Waals surface area contributed by atoms with E-state index in [0.717, 1.165) is 19.3 Å². The smallest absolute Gasteiger partial charge is 0.0576 e. The van der Waals surface area contributed by atoms with Gasteiger partial charge in [0, 0.05) is 0 Å². The van der Waals surface area contributed by atoms with Crippen LogP contribution in [0.2, 0.25) is 0 Å². The van der Waals surface area contributed by atoms with Crippen molar-refractivity contribution in [1.29, 1.82) is 0 Å². The normalized spacial score (nSPS) is 32.7. The van der Waals surface area contributed by atoms with Crippen LogP contribution in [0.3, 0.4) is 0 Å². The van der Waals surface area contributed by atoms with Gasteiger partial charge in [0.1, 0.15) is 0 Å². The molecule has 0 aromatic carbocycles. The van der Waals surface area contributed by atoms with Gasteiger partial charge >= 0.3 is 0 Å². The Balaban J connectivity index is 2.57. The van der Waals surface area contributed by atoms with Crippen LogP contribution in [0.15, 0.2) is 12.7 Å². The highest BCUT2D eigenvalue weighted by Gasteiger charge is 2.37. The van der Waals surface area contributed by atoms with E-state index in [2.05, 4.69) is 27.4 Å². The predicted molar refractivity (Wildman–Crippen MR) is 65.7 cm³/mol. The molecule has 0 spiro atoms. The van der Waals surface area contributed by atoms with Crippen molar-refractivity contribution in [2.75, 3.05) is 0 Å². The topological polar surface area (TPSA) is 20.2 Å². The van der Waals surface area contributed by atoms with Gasteiger partial charge in [0.25, 0.3) is 0 Å². The molecule has 0 heterocycles. The monoisotopic (exact) mass is 210 g/mol. The van der Waals surface area contributed by atoms with Gasteiger partial charge in [0.2, 0.25) is 0 Å². The molecule has 1 aliphatic rings. The summed E-state index contributed by atoms with van der Waals surface area (Å²) in [6.45, 7) is 10.6. The zero-order chi connectivity index (χ0) is 11.5. The van der Waals surface area contributed by atoms with E-state index in [1.54, 1.807) is 0 Å². The zero-order valence-electron chi connectivity index (χ0n) is 10.5. The molecule has 0 bridgehead atoms. The molecule has 1 rings (SSSR count). The third-order valence-corrected chi connectivity index (χ3v) is 4.08. The SMILES string of the molecule is C=CCCC(C)(C)C1CCC(C)CC1O. The maximum Gasteiger partial charge on any atom is 0.0576 e. The Kier molecular flexibility index (Phi) is 4.39. The van der Waals surface area contributed by atoms with Crippen molar-refractivity contribution >= 4 is 0 Å². The Hall–Kier alpha value is -0.300. The lowest BCUT2D eigenvalue weighted by Gasteiger charge is -2.42. The van der Waals surface area contributed by atoms with Crippen molar-refractivity contribution in [3.8, 4) is 0 Å². The Morgan fingerprint density at radius 2 is 2.07 bits per heavy atom. The molecule has 88 valence electrons. The first-order valence-corrected chi connectivity index (χ1v) is 6.26. The van der Waals surface area contributed by atoms with Crippen LogP contribution in [-0.4, -0.2) is 11.2 Å². The largest absolute Gasteiger partial charge is 0.393 e. The van der Waals surface area contributed by atoms with Gasteiger partial charge in [-0.2, -0.15) is 0 Å². The molecule has 0 aromatic heterocycles. The lowest BCUT2D eigenvalue weighted by atomic mass is 9.66. The number of rotatable bonds is 4. The van der Waals surface area contributed by atoms with E-state index < -0.39 is 0 Å². The van der Waals surface area contributed by atoms with Crippen molar-refractivity contribution in [1.82, 2.24) is 0 Å². The van der Waals surface area contributed by atoms with E-state index in [-0.39, 0.29) is 11.5 Å². The molecule has 1 N–H and O–H groups in total. The van der Waals surface area contributed by atoms with Crippen LogP contribution < -0.4 is 0 Å². The van der Waals surface area contributed by atoms with Crippen molar-refractivity contribution in [2.45, 2.75) is 59.0 Å². The molecule has 3 atom stereocenters. The van der Waals surface area contributed by atoms with E-state index in [4.69, 9.17) is 0 Å². The van der Waals surface area contributed by atoms with E-state index in [1.165, 1.54) is 12.8 Å². The third kappa shape index (κ3) is 3.34. The quantitative estimate of drug-likeness (QED) is 0.700. The second kappa shape index (κ2) is 5.16. The first kappa shape index (κ1) is 12.8. The molecule has 1 aliphatic carbocycles. The summed E-state index contributed by atoms with van der Waals surface area (Å²) in [5.74, 6) is 1.18. The van der Waals surface area contributed by atoms with Crippen molar-refractivity contribution in [2.24, 2.45) is 17.3 Å². The number of hydrogen-bond donors (Lipinski definition) is 1. The summed E-state index contributed by atoms with van der Waals surface area (Å²) in [5.41, 5.74) is 0.258. The molecule has 0 aromatic rings. The third-order valence-electron chi connectivity index (χ3n) is 4.08. The molecule has 0 saturated heterocycles. The minimum Gasteiger partial charge on any atom is -0.393 e. The van der Waals surface area contributed by atoms with Crippen LogP contribution in [-0.2, 0) is 0 Å². The Morgan fingerprint density at radius 1 is 1.40 bits per heavy atom. The lowest BCUT2D eigenvalue weighted by molar-refractivity contribution is -0.0155. The maximum atomic E-state index is 10.1. The van der Waals surface area contributed by atoms with Gasteiger partial charge < -0.3 is 5.11 Å². The van der Waals surface area contributed by atoms with Crippen molar-refractivity contribution in [3.05, 3.63) is 12.7 Å². The summed E-state index contributed by atoms with van der Waals surface area (Å²) < 4.78 is 0. The van der Waals surface area contributed by atoms with Crippen LogP contribution in [0.5, 0.6) is 0 Å². The summed E-state index contributed by atoms with van der Waals surface area (Å²) in [6, 6.07) is 0.